The highest BCUT2D eigenvalue weighted by molar-refractivity contribution is 5.89. The molecule has 0 aliphatic carbocycles. The molecule has 56 heavy (non-hydrogen) atoms. The Kier molecular flexibility index (Phi) is 12.1. The Hall–Kier alpha value is -5.96. The molecule has 0 bridgehead atoms. The van der Waals surface area contributed by atoms with Crippen LogP contribution in [0.3, 0.4) is 0 Å². The molecule has 8 nitrogen and oxygen atoms in total. The molecule has 0 fully saturated rings. The van der Waals surface area contributed by atoms with Crippen LogP contribution in [0, 0.1) is 13.8 Å². The van der Waals surface area contributed by atoms with Crippen molar-refractivity contribution in [1.29, 1.82) is 0 Å². The average molecular weight is 745 g/mol. The predicted octanol–water partition coefficient (Wildman–Crippen LogP) is 9.15. The lowest BCUT2D eigenvalue weighted by Gasteiger charge is -2.28. The summed E-state index contributed by atoms with van der Waals surface area (Å²) in [6.45, 7) is 6.17. The zero-order valence-corrected chi connectivity index (χ0v) is 32.0. The minimum Gasteiger partial charge on any atom is -0.478 e. The number of carbonyl (C=O) groups is 2. The molecule has 4 heterocycles. The molecule has 2 aliphatic rings. The van der Waals surface area contributed by atoms with Crippen molar-refractivity contribution in [3.05, 3.63) is 177 Å². The largest absolute Gasteiger partial charge is 0.478 e. The van der Waals surface area contributed by atoms with E-state index in [2.05, 4.69) is 119 Å². The van der Waals surface area contributed by atoms with Crippen molar-refractivity contribution in [3.8, 4) is 22.3 Å². The van der Waals surface area contributed by atoms with Crippen LogP contribution >= 0.6 is 0 Å². The highest BCUT2D eigenvalue weighted by Gasteiger charge is 2.23. The van der Waals surface area contributed by atoms with Gasteiger partial charge in [0.05, 0.1) is 11.1 Å². The maximum atomic E-state index is 11.4. The molecule has 0 spiro atoms. The first-order chi connectivity index (χ1) is 27.3. The number of fused-ring (bicyclic) bond motifs is 2. The lowest BCUT2D eigenvalue weighted by molar-refractivity contribution is 0.0684. The smallest absolute Gasteiger partial charge is 0.336 e. The summed E-state index contributed by atoms with van der Waals surface area (Å²) in [7, 11) is 0. The van der Waals surface area contributed by atoms with Gasteiger partial charge in [-0.1, -0.05) is 84.9 Å². The van der Waals surface area contributed by atoms with Crippen molar-refractivity contribution in [2.75, 3.05) is 13.1 Å². The molecule has 0 saturated carbocycles. The Morgan fingerprint density at radius 1 is 0.607 bits per heavy atom. The molecular weight excluding hydrogens is 697 g/mol. The van der Waals surface area contributed by atoms with Crippen LogP contribution in [-0.4, -0.2) is 45.2 Å². The number of nitrogens with zero attached hydrogens (tertiary/aromatic N) is 2. The van der Waals surface area contributed by atoms with Gasteiger partial charge in [-0.2, -0.15) is 0 Å². The van der Waals surface area contributed by atoms with Gasteiger partial charge in [0.25, 0.3) is 0 Å². The second-order valence-electron chi connectivity index (χ2n) is 14.7. The van der Waals surface area contributed by atoms with E-state index in [9.17, 15) is 19.8 Å². The number of carboxylic acids is 2. The Balaban J connectivity index is 0.000000172. The van der Waals surface area contributed by atoms with Gasteiger partial charge in [0.2, 0.25) is 0 Å². The number of benzene rings is 4. The van der Waals surface area contributed by atoms with Gasteiger partial charge in [-0.25, -0.2) is 9.59 Å². The number of aromatic carboxylic acids is 2. The third-order valence-corrected chi connectivity index (χ3v) is 11.2. The molecule has 2 aromatic heterocycles. The highest BCUT2D eigenvalue weighted by atomic mass is 16.4. The Labute approximate surface area is 328 Å². The van der Waals surface area contributed by atoms with Crippen LogP contribution in [0.1, 0.15) is 90.1 Å². The molecule has 0 unspecified atom stereocenters. The Bertz CT molecular complexity index is 2190. The summed E-state index contributed by atoms with van der Waals surface area (Å²) in [6, 6.07) is 34.1. The third-order valence-electron chi connectivity index (χ3n) is 11.2. The van der Waals surface area contributed by atoms with Crippen LogP contribution in [0.25, 0.3) is 22.3 Å². The highest BCUT2D eigenvalue weighted by Crippen LogP contribution is 2.34. The van der Waals surface area contributed by atoms with E-state index in [4.69, 9.17) is 0 Å². The zero-order chi connectivity index (χ0) is 39.0. The fourth-order valence-electron chi connectivity index (χ4n) is 8.22. The first kappa shape index (κ1) is 38.3. The average Bonchev–Trinajstić information content (AvgIpc) is 3.22. The number of rotatable bonds is 10. The SMILES string of the molecule is Cc1ccccc1-c1ccc2c(c1)CCN[C@@H]2CCc1cnccc1C(=O)O.Cc1ccccc1-c1ccc2c(c1)CCN[C@H]2CCc1cnccc1C(=O)O. The van der Waals surface area contributed by atoms with Crippen molar-refractivity contribution in [1.82, 2.24) is 20.6 Å². The number of nitrogens with one attached hydrogen (secondary N) is 2. The lowest BCUT2D eigenvalue weighted by atomic mass is 9.87. The number of aromatic nitrogens is 2. The summed E-state index contributed by atoms with van der Waals surface area (Å²) >= 11 is 0. The molecular formula is C48H48N4O4. The number of hydrogen-bond donors (Lipinski definition) is 4. The molecule has 0 saturated heterocycles. The van der Waals surface area contributed by atoms with E-state index in [1.165, 1.54) is 68.0 Å². The molecule has 4 aromatic carbocycles. The normalized spacial score (nSPS) is 15.8. The van der Waals surface area contributed by atoms with Crippen molar-refractivity contribution in [2.24, 2.45) is 0 Å². The second-order valence-corrected chi connectivity index (χ2v) is 14.7. The van der Waals surface area contributed by atoms with E-state index in [-0.39, 0.29) is 12.1 Å². The maximum absolute atomic E-state index is 11.4. The number of pyridine rings is 2. The van der Waals surface area contributed by atoms with Crippen LogP contribution in [0.15, 0.2) is 122 Å². The maximum Gasteiger partial charge on any atom is 0.336 e. The van der Waals surface area contributed by atoms with Crippen molar-refractivity contribution in [2.45, 2.75) is 64.5 Å². The fourth-order valence-corrected chi connectivity index (χ4v) is 8.22. The monoisotopic (exact) mass is 744 g/mol. The Morgan fingerprint density at radius 2 is 1.04 bits per heavy atom. The molecule has 8 rings (SSSR count). The van der Waals surface area contributed by atoms with Crippen LogP contribution in [0.4, 0.5) is 0 Å². The molecule has 4 N–H and O–H groups in total. The lowest BCUT2D eigenvalue weighted by Crippen LogP contribution is -2.30. The van der Waals surface area contributed by atoms with Crippen LogP contribution in [0.5, 0.6) is 0 Å². The standard InChI is InChI=1S/2C24H24N2O2/c2*1-16-4-2-3-5-20(16)17-6-8-21-18(14-17)10-13-26-23(21)9-7-19-15-25-12-11-22(19)24(27)28/h2*2-6,8,11-12,14-15,23,26H,7,9-10,13H2,1H3,(H,27,28)/t2*23-/m10/s1. The van der Waals surface area contributed by atoms with E-state index in [0.29, 0.717) is 24.0 Å². The molecule has 2 atom stereocenters. The van der Waals surface area contributed by atoms with Gasteiger partial charge in [0, 0.05) is 36.9 Å². The molecule has 6 aromatic rings. The van der Waals surface area contributed by atoms with Crippen LogP contribution in [0.2, 0.25) is 0 Å². The van der Waals surface area contributed by atoms with Gasteiger partial charge in [-0.3, -0.25) is 9.97 Å². The van der Waals surface area contributed by atoms with Gasteiger partial charge >= 0.3 is 11.9 Å². The van der Waals surface area contributed by atoms with E-state index in [1.807, 2.05) is 0 Å². The van der Waals surface area contributed by atoms with Crippen molar-refractivity contribution in [3.63, 3.8) is 0 Å². The van der Waals surface area contributed by atoms with Crippen molar-refractivity contribution >= 4 is 11.9 Å². The zero-order valence-electron chi connectivity index (χ0n) is 32.0. The second kappa shape index (κ2) is 17.7. The topological polar surface area (TPSA) is 124 Å². The summed E-state index contributed by atoms with van der Waals surface area (Å²) in [5.41, 5.74) is 15.3. The quantitative estimate of drug-likeness (QED) is 0.110. The minimum atomic E-state index is -0.891. The van der Waals surface area contributed by atoms with E-state index < -0.39 is 11.9 Å². The number of aryl methyl sites for hydroxylation is 4. The van der Waals surface area contributed by atoms with Gasteiger partial charge in [-0.05, 0) is 144 Å². The summed E-state index contributed by atoms with van der Waals surface area (Å²) < 4.78 is 0. The summed E-state index contributed by atoms with van der Waals surface area (Å²) in [6.07, 6.45) is 11.5. The third kappa shape index (κ3) is 8.78. The van der Waals surface area contributed by atoms with Gasteiger partial charge in [-0.15, -0.1) is 0 Å². The van der Waals surface area contributed by atoms with Crippen molar-refractivity contribution < 1.29 is 19.8 Å². The van der Waals surface area contributed by atoms with Gasteiger partial charge < -0.3 is 20.8 Å². The Morgan fingerprint density at radius 3 is 1.45 bits per heavy atom. The fraction of sp³-hybridized carbons (Fsp3) is 0.250. The first-order valence-electron chi connectivity index (χ1n) is 19.4. The molecule has 2 aliphatic heterocycles. The molecule has 0 radical (unpaired) electrons. The van der Waals surface area contributed by atoms with E-state index >= 15 is 0 Å². The number of carboxylic acid groups (broad SMARTS) is 2. The number of hydrogen-bond acceptors (Lipinski definition) is 6. The van der Waals surface area contributed by atoms with Crippen LogP contribution in [-0.2, 0) is 25.7 Å². The van der Waals surface area contributed by atoms with Crippen LogP contribution < -0.4 is 10.6 Å². The summed E-state index contributed by atoms with van der Waals surface area (Å²) in [5.74, 6) is -1.78. The summed E-state index contributed by atoms with van der Waals surface area (Å²) in [4.78, 5) is 31.1. The van der Waals surface area contributed by atoms with E-state index in [1.54, 1.807) is 24.5 Å². The summed E-state index contributed by atoms with van der Waals surface area (Å²) in [5, 5.41) is 26.0. The van der Waals surface area contributed by atoms with E-state index in [0.717, 1.165) is 49.9 Å². The van der Waals surface area contributed by atoms with Gasteiger partial charge in [0.1, 0.15) is 0 Å². The molecule has 284 valence electrons. The molecule has 0 amide bonds. The minimum absolute atomic E-state index is 0.233. The first-order valence-corrected chi connectivity index (χ1v) is 19.4. The predicted molar refractivity (Wildman–Crippen MR) is 221 cm³/mol. The molecule has 8 heteroatoms. The van der Waals surface area contributed by atoms with Gasteiger partial charge in [0.15, 0.2) is 0 Å².